The highest BCUT2D eigenvalue weighted by molar-refractivity contribution is 7.15. The average Bonchev–Trinajstić information content (AvgIpc) is 2.75. The molecule has 1 heterocycles. The Morgan fingerprint density at radius 1 is 1.55 bits per heavy atom. The maximum atomic E-state index is 11.7. The van der Waals surface area contributed by atoms with E-state index in [2.05, 4.69) is 24.1 Å². The smallest absolute Gasteiger partial charge is 0.358 e. The molecular formula is C14H22N2O3S. The number of rotatable bonds is 5. The van der Waals surface area contributed by atoms with Crippen LogP contribution in [0.25, 0.3) is 0 Å². The molecule has 1 aromatic rings. The second kappa shape index (κ2) is 5.69. The molecule has 6 heteroatoms. The molecule has 1 saturated carbocycles. The molecule has 2 atom stereocenters. The van der Waals surface area contributed by atoms with Gasteiger partial charge in [0.1, 0.15) is 0 Å². The maximum absolute atomic E-state index is 11.7. The monoisotopic (exact) mass is 298 g/mol. The lowest BCUT2D eigenvalue weighted by Crippen LogP contribution is -2.57. The highest BCUT2D eigenvalue weighted by Gasteiger charge is 2.48. The van der Waals surface area contributed by atoms with Crippen LogP contribution < -0.4 is 5.32 Å². The molecule has 1 fully saturated rings. The van der Waals surface area contributed by atoms with Crippen LogP contribution in [-0.4, -0.2) is 36.8 Å². The van der Waals surface area contributed by atoms with Crippen molar-refractivity contribution >= 4 is 22.4 Å². The first kappa shape index (κ1) is 15.3. The van der Waals surface area contributed by atoms with Gasteiger partial charge in [-0.2, -0.15) is 0 Å². The first-order valence-corrected chi connectivity index (χ1v) is 7.65. The van der Waals surface area contributed by atoms with Crippen LogP contribution >= 0.6 is 11.3 Å². The summed E-state index contributed by atoms with van der Waals surface area (Å²) < 4.78 is 10.4. The van der Waals surface area contributed by atoms with Crippen molar-refractivity contribution in [2.75, 3.05) is 19.0 Å². The van der Waals surface area contributed by atoms with Crippen molar-refractivity contribution in [1.29, 1.82) is 0 Å². The van der Waals surface area contributed by atoms with Gasteiger partial charge in [0, 0.05) is 23.4 Å². The van der Waals surface area contributed by atoms with Crippen molar-refractivity contribution in [3.05, 3.63) is 10.6 Å². The number of nitrogens with zero attached hydrogens (tertiary/aromatic N) is 1. The number of nitrogens with one attached hydrogen (secondary N) is 1. The third kappa shape index (κ3) is 2.67. The molecular weight excluding hydrogens is 276 g/mol. The Hall–Kier alpha value is -1.14. The molecule has 5 nitrogen and oxygen atoms in total. The van der Waals surface area contributed by atoms with E-state index in [9.17, 15) is 4.79 Å². The van der Waals surface area contributed by atoms with E-state index < -0.39 is 0 Å². The fraction of sp³-hybridized carbons (Fsp3) is 0.714. The van der Waals surface area contributed by atoms with Crippen LogP contribution in [0.3, 0.4) is 0 Å². The largest absolute Gasteiger partial charge is 0.461 e. The van der Waals surface area contributed by atoms with Crippen LogP contribution in [0.4, 0.5) is 5.13 Å². The molecule has 112 valence electrons. The van der Waals surface area contributed by atoms with Crippen molar-refractivity contribution in [3.8, 4) is 0 Å². The molecule has 0 radical (unpaired) electrons. The Labute approximate surface area is 123 Å². The molecule has 1 aliphatic carbocycles. The van der Waals surface area contributed by atoms with Gasteiger partial charge in [0.2, 0.25) is 0 Å². The van der Waals surface area contributed by atoms with Crippen molar-refractivity contribution in [1.82, 2.24) is 4.98 Å². The summed E-state index contributed by atoms with van der Waals surface area (Å²) in [6.45, 7) is 8.40. The minimum atomic E-state index is -0.350. The summed E-state index contributed by atoms with van der Waals surface area (Å²) in [6, 6.07) is 0.313. The number of hydrogen-bond acceptors (Lipinski definition) is 6. The summed E-state index contributed by atoms with van der Waals surface area (Å²) in [7, 11) is 1.75. The van der Waals surface area contributed by atoms with Gasteiger partial charge in [0.15, 0.2) is 10.8 Å². The number of anilines is 1. The van der Waals surface area contributed by atoms with E-state index in [1.807, 2.05) is 6.92 Å². The summed E-state index contributed by atoms with van der Waals surface area (Å²) in [5.74, 6) is -0.350. The van der Waals surface area contributed by atoms with Crippen molar-refractivity contribution in [2.24, 2.45) is 5.41 Å². The van der Waals surface area contributed by atoms with Gasteiger partial charge in [0.05, 0.1) is 12.7 Å². The molecule has 0 spiro atoms. The molecule has 1 N–H and O–H groups in total. The van der Waals surface area contributed by atoms with E-state index in [4.69, 9.17) is 9.47 Å². The zero-order valence-corrected chi connectivity index (χ0v) is 13.5. The quantitative estimate of drug-likeness (QED) is 0.847. The topological polar surface area (TPSA) is 60.5 Å². The van der Waals surface area contributed by atoms with Crippen molar-refractivity contribution < 1.29 is 14.3 Å². The molecule has 1 aromatic heterocycles. The summed E-state index contributed by atoms with van der Waals surface area (Å²) in [5.41, 5.74) is 0.484. The zero-order chi connectivity index (χ0) is 14.9. The minimum absolute atomic E-state index is 0.0679. The third-order valence-electron chi connectivity index (χ3n) is 4.03. The summed E-state index contributed by atoms with van der Waals surface area (Å²) in [5, 5.41) is 4.19. The Morgan fingerprint density at radius 2 is 2.25 bits per heavy atom. The summed E-state index contributed by atoms with van der Waals surface area (Å²) >= 11 is 1.49. The predicted octanol–water partition coefficient (Wildman–Crippen LogP) is 2.85. The summed E-state index contributed by atoms with van der Waals surface area (Å²) in [4.78, 5) is 17.0. The molecule has 0 bridgehead atoms. The SMILES string of the molecule is CCOC(=O)c1nc(NC2CC(OC)C2(C)C)sc1C. The number of aryl methyl sites for hydroxylation is 1. The van der Waals surface area contributed by atoms with Crippen LogP contribution in [-0.2, 0) is 9.47 Å². The number of hydrogen-bond donors (Lipinski definition) is 1. The number of aromatic nitrogens is 1. The average molecular weight is 298 g/mol. The minimum Gasteiger partial charge on any atom is -0.461 e. The second-order valence-electron chi connectivity index (χ2n) is 5.62. The zero-order valence-electron chi connectivity index (χ0n) is 12.6. The fourth-order valence-corrected chi connectivity index (χ4v) is 3.38. The number of thiazole rings is 1. The number of methoxy groups -OCH3 is 1. The first-order valence-electron chi connectivity index (χ1n) is 6.84. The van der Waals surface area contributed by atoms with E-state index in [0.29, 0.717) is 18.3 Å². The van der Waals surface area contributed by atoms with E-state index in [1.54, 1.807) is 14.0 Å². The number of carbonyl (C=O) groups excluding carboxylic acids is 1. The van der Waals surface area contributed by atoms with Crippen LogP contribution in [0.15, 0.2) is 0 Å². The van der Waals surface area contributed by atoms with Crippen LogP contribution in [0, 0.1) is 12.3 Å². The van der Waals surface area contributed by atoms with Gasteiger partial charge in [-0.05, 0) is 20.3 Å². The Bertz CT molecular complexity index is 499. The highest BCUT2D eigenvalue weighted by atomic mass is 32.1. The molecule has 0 saturated heterocycles. The van der Waals surface area contributed by atoms with Gasteiger partial charge in [-0.15, -0.1) is 11.3 Å². The van der Waals surface area contributed by atoms with Crippen molar-refractivity contribution in [2.45, 2.75) is 46.3 Å². The lowest BCUT2D eigenvalue weighted by Gasteiger charge is -2.51. The third-order valence-corrected chi connectivity index (χ3v) is 4.93. The lowest BCUT2D eigenvalue weighted by atomic mass is 9.64. The molecule has 0 aromatic carbocycles. The van der Waals surface area contributed by atoms with Crippen LogP contribution in [0.5, 0.6) is 0 Å². The van der Waals surface area contributed by atoms with Crippen LogP contribution in [0.2, 0.25) is 0 Å². The fourth-order valence-electron chi connectivity index (χ4n) is 2.53. The van der Waals surface area contributed by atoms with E-state index in [1.165, 1.54) is 11.3 Å². The van der Waals surface area contributed by atoms with Crippen LogP contribution in [0.1, 0.15) is 42.6 Å². The second-order valence-corrected chi connectivity index (χ2v) is 6.83. The molecule has 2 unspecified atom stereocenters. The van der Waals surface area contributed by atoms with Gasteiger partial charge in [-0.3, -0.25) is 0 Å². The van der Waals surface area contributed by atoms with Gasteiger partial charge < -0.3 is 14.8 Å². The molecule has 2 rings (SSSR count). The Balaban J connectivity index is 2.05. The van der Waals surface area contributed by atoms with Crippen molar-refractivity contribution in [3.63, 3.8) is 0 Å². The highest BCUT2D eigenvalue weighted by Crippen LogP contribution is 2.44. The Kier molecular flexibility index (Phi) is 4.34. The summed E-state index contributed by atoms with van der Waals surface area (Å²) in [6.07, 6.45) is 1.22. The molecule has 20 heavy (non-hydrogen) atoms. The molecule has 0 aliphatic heterocycles. The van der Waals surface area contributed by atoms with Gasteiger partial charge in [-0.25, -0.2) is 9.78 Å². The number of esters is 1. The predicted molar refractivity (Wildman–Crippen MR) is 79.4 cm³/mol. The lowest BCUT2D eigenvalue weighted by molar-refractivity contribution is -0.0794. The van der Waals surface area contributed by atoms with Gasteiger partial charge >= 0.3 is 5.97 Å². The molecule has 0 amide bonds. The molecule has 1 aliphatic rings. The Morgan fingerprint density at radius 3 is 2.80 bits per heavy atom. The van der Waals surface area contributed by atoms with Gasteiger partial charge in [0.25, 0.3) is 0 Å². The number of carbonyl (C=O) groups is 1. The normalized spacial score (nSPS) is 24.1. The standard InChI is InChI=1S/C14H22N2O3S/c1-6-19-12(17)11-8(2)20-13(16-11)15-9-7-10(18-5)14(9,3)4/h9-10H,6-7H2,1-5H3,(H,15,16). The first-order chi connectivity index (χ1) is 9.40. The maximum Gasteiger partial charge on any atom is 0.358 e. The number of ether oxygens (including phenoxy) is 2. The van der Waals surface area contributed by atoms with E-state index in [-0.39, 0.29) is 17.5 Å². The van der Waals surface area contributed by atoms with Gasteiger partial charge in [-0.1, -0.05) is 13.8 Å². The van der Waals surface area contributed by atoms with E-state index >= 15 is 0 Å². The van der Waals surface area contributed by atoms with E-state index in [0.717, 1.165) is 16.4 Å².